The van der Waals surface area contributed by atoms with Crippen LogP contribution < -0.4 is 0 Å². The van der Waals surface area contributed by atoms with Gasteiger partial charge in [-0.3, -0.25) is 4.90 Å². The van der Waals surface area contributed by atoms with E-state index in [2.05, 4.69) is 0 Å². The molecule has 2 N–H and O–H groups in total. The highest BCUT2D eigenvalue weighted by Crippen LogP contribution is 2.28. The molecule has 5 heteroatoms. The van der Waals surface area contributed by atoms with E-state index in [0.29, 0.717) is 29.6 Å². The molecule has 1 aliphatic rings. The number of benzene rings is 1. The zero-order chi connectivity index (χ0) is 12.4. The summed E-state index contributed by atoms with van der Waals surface area (Å²) in [7, 11) is 0. The maximum atomic E-state index is 9.60. The Morgan fingerprint density at radius 3 is 2.53 bits per heavy atom. The first-order valence-corrected chi connectivity index (χ1v) is 6.33. The molecule has 0 saturated carbocycles. The molecule has 2 rings (SSSR count). The third-order valence-corrected chi connectivity index (χ3v) is 3.85. The zero-order valence-electron chi connectivity index (χ0n) is 9.31. The first-order chi connectivity index (χ1) is 8.11. The monoisotopic (exact) mass is 275 g/mol. The summed E-state index contributed by atoms with van der Waals surface area (Å²) < 4.78 is 0. The van der Waals surface area contributed by atoms with Gasteiger partial charge in [0, 0.05) is 34.7 Å². The first kappa shape index (κ1) is 13.1. The van der Waals surface area contributed by atoms with Gasteiger partial charge < -0.3 is 10.2 Å². The van der Waals surface area contributed by atoms with Gasteiger partial charge in [-0.1, -0.05) is 29.3 Å². The second-order valence-electron chi connectivity index (χ2n) is 4.36. The largest absolute Gasteiger partial charge is 0.395 e. The van der Waals surface area contributed by atoms with E-state index in [1.54, 1.807) is 18.2 Å². The molecule has 3 nitrogen and oxygen atoms in total. The highest BCUT2D eigenvalue weighted by molar-refractivity contribution is 6.35. The highest BCUT2D eigenvalue weighted by Gasteiger charge is 2.30. The van der Waals surface area contributed by atoms with Gasteiger partial charge >= 0.3 is 0 Å². The van der Waals surface area contributed by atoms with Crippen molar-refractivity contribution in [2.24, 2.45) is 0 Å². The minimum atomic E-state index is -0.381. The van der Waals surface area contributed by atoms with Gasteiger partial charge in [-0.2, -0.15) is 0 Å². The highest BCUT2D eigenvalue weighted by atomic mass is 35.5. The topological polar surface area (TPSA) is 43.7 Å². The molecule has 1 heterocycles. The Labute approximate surface area is 111 Å². The Kier molecular flexibility index (Phi) is 4.28. The Balaban J connectivity index is 2.15. The fourth-order valence-corrected chi connectivity index (χ4v) is 2.74. The maximum absolute atomic E-state index is 9.60. The number of likely N-dealkylation sites (tertiary alicyclic amines) is 1. The summed E-state index contributed by atoms with van der Waals surface area (Å²) in [6.07, 6.45) is 0.215. The van der Waals surface area contributed by atoms with Crippen LogP contribution in [-0.4, -0.2) is 40.4 Å². The molecule has 0 spiro atoms. The lowest BCUT2D eigenvalue weighted by Gasteiger charge is -2.23. The minimum absolute atomic E-state index is 0.0164. The lowest BCUT2D eigenvalue weighted by molar-refractivity contribution is 0.150. The van der Waals surface area contributed by atoms with Crippen LogP contribution in [0.1, 0.15) is 12.0 Å². The number of hydrogen-bond donors (Lipinski definition) is 2. The Bertz CT molecular complexity index is 380. The van der Waals surface area contributed by atoms with Crippen molar-refractivity contribution in [3.8, 4) is 0 Å². The third-order valence-electron chi connectivity index (χ3n) is 3.14. The molecule has 0 bridgehead atoms. The average molecular weight is 276 g/mol. The molecule has 17 heavy (non-hydrogen) atoms. The third kappa shape index (κ3) is 2.92. The summed E-state index contributed by atoms with van der Waals surface area (Å²) in [5, 5.41) is 20.1. The second-order valence-corrected chi connectivity index (χ2v) is 5.17. The Hall–Kier alpha value is -0.320. The van der Waals surface area contributed by atoms with Crippen LogP contribution in [0, 0.1) is 0 Å². The van der Waals surface area contributed by atoms with Crippen molar-refractivity contribution in [2.75, 3.05) is 13.2 Å². The molecule has 0 radical (unpaired) electrons. The van der Waals surface area contributed by atoms with Crippen LogP contribution >= 0.6 is 23.2 Å². The van der Waals surface area contributed by atoms with Gasteiger partial charge in [0.05, 0.1) is 12.7 Å². The molecule has 1 fully saturated rings. The Morgan fingerprint density at radius 1 is 1.29 bits per heavy atom. The van der Waals surface area contributed by atoms with Gasteiger partial charge in [0.15, 0.2) is 0 Å². The summed E-state index contributed by atoms with van der Waals surface area (Å²) in [5.74, 6) is 0. The second kappa shape index (κ2) is 5.55. The normalized spacial score (nSPS) is 25.4. The SMILES string of the molecule is OC[C@@H]1C[C@H](O)CN1Cc1c(Cl)cccc1Cl. The van der Waals surface area contributed by atoms with E-state index >= 15 is 0 Å². The molecule has 94 valence electrons. The van der Waals surface area contributed by atoms with Crippen LogP contribution in [0.5, 0.6) is 0 Å². The number of aliphatic hydroxyl groups is 2. The predicted molar refractivity (Wildman–Crippen MR) is 68.4 cm³/mol. The van der Waals surface area contributed by atoms with E-state index in [9.17, 15) is 10.2 Å². The smallest absolute Gasteiger partial charge is 0.0683 e. The van der Waals surface area contributed by atoms with Crippen LogP contribution in [0.15, 0.2) is 18.2 Å². The van der Waals surface area contributed by atoms with Crippen LogP contribution in [-0.2, 0) is 6.54 Å². The summed E-state index contributed by atoms with van der Waals surface area (Å²) in [4.78, 5) is 2.01. The number of rotatable bonds is 3. The molecule has 0 amide bonds. The van der Waals surface area contributed by atoms with E-state index < -0.39 is 0 Å². The number of β-amino-alcohol motifs (C(OH)–C–C–N with tert-alkyl or cyclic N) is 1. The quantitative estimate of drug-likeness (QED) is 0.886. The molecule has 0 aliphatic carbocycles. The van der Waals surface area contributed by atoms with Crippen LogP contribution in [0.3, 0.4) is 0 Å². The fourth-order valence-electron chi connectivity index (χ4n) is 2.23. The molecule has 0 aromatic heterocycles. The average Bonchev–Trinajstić information content (AvgIpc) is 2.64. The van der Waals surface area contributed by atoms with Crippen molar-refractivity contribution < 1.29 is 10.2 Å². The lowest BCUT2D eigenvalue weighted by atomic mass is 10.2. The summed E-state index contributed by atoms with van der Waals surface area (Å²) >= 11 is 12.2. The zero-order valence-corrected chi connectivity index (χ0v) is 10.8. The summed E-state index contributed by atoms with van der Waals surface area (Å²) in [6, 6.07) is 5.38. The van der Waals surface area contributed by atoms with Crippen molar-refractivity contribution in [3.05, 3.63) is 33.8 Å². The van der Waals surface area contributed by atoms with Gasteiger partial charge in [-0.25, -0.2) is 0 Å². The molecule has 1 saturated heterocycles. The van der Waals surface area contributed by atoms with Gasteiger partial charge in [-0.05, 0) is 18.6 Å². The van der Waals surface area contributed by atoms with Crippen molar-refractivity contribution in [3.63, 3.8) is 0 Å². The van der Waals surface area contributed by atoms with E-state index in [1.165, 1.54) is 0 Å². The molecule has 1 aliphatic heterocycles. The van der Waals surface area contributed by atoms with Crippen LogP contribution in [0.4, 0.5) is 0 Å². The first-order valence-electron chi connectivity index (χ1n) is 5.57. The fraction of sp³-hybridized carbons (Fsp3) is 0.500. The Morgan fingerprint density at radius 2 is 1.94 bits per heavy atom. The molecular weight excluding hydrogens is 261 g/mol. The van der Waals surface area contributed by atoms with Crippen LogP contribution in [0.2, 0.25) is 10.0 Å². The maximum Gasteiger partial charge on any atom is 0.0683 e. The van der Waals surface area contributed by atoms with E-state index in [0.717, 1.165) is 5.56 Å². The van der Waals surface area contributed by atoms with Gasteiger partial charge in [0.25, 0.3) is 0 Å². The molecule has 2 atom stereocenters. The lowest BCUT2D eigenvalue weighted by Crippen LogP contribution is -2.32. The van der Waals surface area contributed by atoms with Crippen molar-refractivity contribution >= 4 is 23.2 Å². The molecule has 0 unspecified atom stereocenters. The standard InChI is InChI=1S/C12H15Cl2NO2/c13-11-2-1-3-12(14)10(11)6-15-5-9(17)4-8(15)7-16/h1-3,8-9,16-17H,4-7H2/t8-,9-/m0/s1. The van der Waals surface area contributed by atoms with E-state index in [1.807, 2.05) is 4.90 Å². The summed E-state index contributed by atoms with van der Waals surface area (Å²) in [6.45, 7) is 1.15. The van der Waals surface area contributed by atoms with Gasteiger partial charge in [0.1, 0.15) is 0 Å². The minimum Gasteiger partial charge on any atom is -0.395 e. The van der Waals surface area contributed by atoms with Crippen molar-refractivity contribution in [2.45, 2.75) is 25.1 Å². The van der Waals surface area contributed by atoms with Crippen molar-refractivity contribution in [1.29, 1.82) is 0 Å². The number of aliphatic hydroxyl groups excluding tert-OH is 2. The van der Waals surface area contributed by atoms with Gasteiger partial charge in [0.2, 0.25) is 0 Å². The van der Waals surface area contributed by atoms with E-state index in [-0.39, 0.29) is 18.8 Å². The molecular formula is C12H15Cl2NO2. The summed E-state index contributed by atoms with van der Waals surface area (Å²) in [5.41, 5.74) is 0.850. The molecule has 1 aromatic carbocycles. The number of halogens is 2. The number of nitrogens with zero attached hydrogens (tertiary/aromatic N) is 1. The van der Waals surface area contributed by atoms with Gasteiger partial charge in [-0.15, -0.1) is 0 Å². The van der Waals surface area contributed by atoms with E-state index in [4.69, 9.17) is 23.2 Å². The van der Waals surface area contributed by atoms with Crippen LogP contribution in [0.25, 0.3) is 0 Å². The predicted octanol–water partition coefficient (Wildman–Crippen LogP) is 1.92. The molecule has 1 aromatic rings. The number of hydrogen-bond acceptors (Lipinski definition) is 3. The van der Waals surface area contributed by atoms with Crippen molar-refractivity contribution in [1.82, 2.24) is 4.90 Å².